The largest absolute Gasteiger partial charge is 0.459 e. The summed E-state index contributed by atoms with van der Waals surface area (Å²) >= 11 is 0. The number of ether oxygens (including phenoxy) is 2. The maximum atomic E-state index is 12.9. The summed E-state index contributed by atoms with van der Waals surface area (Å²) in [6, 6.07) is 16.4. The normalized spacial score (nSPS) is 11.3. The van der Waals surface area contributed by atoms with E-state index in [0.29, 0.717) is 6.42 Å². The molecule has 2 aromatic carbocycles. The molecule has 33 heavy (non-hydrogen) atoms. The lowest BCUT2D eigenvalue weighted by atomic mass is 10.1. The molecule has 3 aromatic rings. The van der Waals surface area contributed by atoms with Gasteiger partial charge in [0.05, 0.1) is 0 Å². The molecule has 1 amide bonds. The van der Waals surface area contributed by atoms with Gasteiger partial charge in [0.2, 0.25) is 0 Å². The van der Waals surface area contributed by atoms with Gasteiger partial charge in [0.1, 0.15) is 19.3 Å². The number of benzene rings is 2. The smallest absolute Gasteiger partial charge is 0.407 e. The van der Waals surface area contributed by atoms with Gasteiger partial charge in [0.25, 0.3) is 0 Å². The van der Waals surface area contributed by atoms with E-state index in [0.717, 1.165) is 41.3 Å². The van der Waals surface area contributed by atoms with Gasteiger partial charge in [-0.15, -0.1) is 5.92 Å². The highest BCUT2D eigenvalue weighted by atomic mass is 16.6. The van der Waals surface area contributed by atoms with Crippen LogP contribution in [0.1, 0.15) is 43.7 Å². The van der Waals surface area contributed by atoms with Crippen LogP contribution < -0.4 is 5.32 Å². The molecule has 6 nitrogen and oxygen atoms in total. The molecule has 172 valence electrons. The number of H-pyrrole nitrogens is 1. The molecule has 1 atom stereocenters. The summed E-state index contributed by atoms with van der Waals surface area (Å²) in [4.78, 5) is 28.4. The van der Waals surface area contributed by atoms with Crippen molar-refractivity contribution in [2.75, 3.05) is 6.61 Å². The first-order valence-corrected chi connectivity index (χ1v) is 11.3. The zero-order valence-electron chi connectivity index (χ0n) is 18.9. The lowest BCUT2D eigenvalue weighted by molar-refractivity contribution is -0.147. The Kier molecular flexibility index (Phi) is 9.41. The SMILES string of the molecule is CCCCC#CCCOC(=O)NC(Cc1c[nH]c2ccccc12)C(=O)OCc1ccccc1. The van der Waals surface area contributed by atoms with Crippen LogP contribution in [0.25, 0.3) is 10.9 Å². The minimum Gasteiger partial charge on any atom is -0.459 e. The molecule has 0 bridgehead atoms. The molecular weight excluding hydrogens is 416 g/mol. The number of hydrogen-bond donors (Lipinski definition) is 2. The van der Waals surface area contributed by atoms with E-state index in [1.165, 1.54) is 0 Å². The third-order valence-corrected chi connectivity index (χ3v) is 5.14. The van der Waals surface area contributed by atoms with Crippen molar-refractivity contribution >= 4 is 23.0 Å². The Labute approximate surface area is 194 Å². The van der Waals surface area contributed by atoms with Crippen LogP contribution >= 0.6 is 0 Å². The number of carbonyl (C=O) groups is 2. The molecule has 0 radical (unpaired) electrons. The topological polar surface area (TPSA) is 80.4 Å². The summed E-state index contributed by atoms with van der Waals surface area (Å²) in [6.07, 6.45) is 4.95. The summed E-state index contributed by atoms with van der Waals surface area (Å²) < 4.78 is 10.7. The Morgan fingerprint density at radius 3 is 2.58 bits per heavy atom. The lowest BCUT2D eigenvalue weighted by Gasteiger charge is -2.17. The van der Waals surface area contributed by atoms with E-state index in [-0.39, 0.29) is 19.6 Å². The van der Waals surface area contributed by atoms with Gasteiger partial charge in [-0.3, -0.25) is 0 Å². The molecule has 3 rings (SSSR count). The number of nitrogens with one attached hydrogen (secondary N) is 2. The Bertz CT molecular complexity index is 1100. The van der Waals surface area contributed by atoms with E-state index in [4.69, 9.17) is 9.47 Å². The highest BCUT2D eigenvalue weighted by molar-refractivity contribution is 5.86. The highest BCUT2D eigenvalue weighted by Gasteiger charge is 2.25. The molecular formula is C27H30N2O4. The third kappa shape index (κ3) is 7.73. The van der Waals surface area contributed by atoms with E-state index in [2.05, 4.69) is 29.1 Å². The van der Waals surface area contributed by atoms with E-state index < -0.39 is 18.1 Å². The number of aromatic nitrogens is 1. The lowest BCUT2D eigenvalue weighted by Crippen LogP contribution is -2.43. The molecule has 0 spiro atoms. The van der Waals surface area contributed by atoms with Crippen LogP contribution in [0.5, 0.6) is 0 Å². The van der Waals surface area contributed by atoms with Crippen LogP contribution in [0.2, 0.25) is 0 Å². The van der Waals surface area contributed by atoms with Crippen molar-refractivity contribution < 1.29 is 19.1 Å². The first-order chi connectivity index (χ1) is 16.2. The fourth-order valence-electron chi connectivity index (χ4n) is 3.36. The van der Waals surface area contributed by atoms with E-state index in [1.807, 2.05) is 60.8 Å². The van der Waals surface area contributed by atoms with Crippen LogP contribution in [0.4, 0.5) is 4.79 Å². The molecule has 0 aliphatic rings. The van der Waals surface area contributed by atoms with Gasteiger partial charge in [-0.05, 0) is 23.6 Å². The summed E-state index contributed by atoms with van der Waals surface area (Å²) in [7, 11) is 0. The van der Waals surface area contributed by atoms with Crippen LogP contribution in [-0.4, -0.2) is 29.7 Å². The fraction of sp³-hybridized carbons (Fsp3) is 0.333. The predicted molar refractivity (Wildman–Crippen MR) is 128 cm³/mol. The van der Waals surface area contributed by atoms with Gasteiger partial charge in [-0.25, -0.2) is 9.59 Å². The second-order valence-electron chi connectivity index (χ2n) is 7.70. The number of unbranched alkanes of at least 4 members (excludes halogenated alkanes) is 2. The summed E-state index contributed by atoms with van der Waals surface area (Å²) in [5.74, 6) is 5.54. The van der Waals surface area contributed by atoms with Gasteiger partial charge >= 0.3 is 12.1 Å². The minimum atomic E-state index is -0.879. The molecule has 6 heteroatoms. The Balaban J connectivity index is 1.61. The van der Waals surface area contributed by atoms with Crippen molar-refractivity contribution in [1.29, 1.82) is 0 Å². The zero-order valence-corrected chi connectivity index (χ0v) is 18.9. The first kappa shape index (κ1) is 23.9. The maximum absolute atomic E-state index is 12.9. The Morgan fingerprint density at radius 1 is 1.00 bits per heavy atom. The Morgan fingerprint density at radius 2 is 1.76 bits per heavy atom. The standard InChI is InChI=1S/C27H30N2O4/c1-2-3-4-5-6-12-17-32-27(31)29-25(26(30)33-20-21-13-8-7-9-14-21)18-22-19-28-24-16-11-10-15-23(22)24/h7-11,13-16,19,25,28H,2-4,12,17-18,20H2,1H3,(H,29,31). The number of aromatic amines is 1. The van der Waals surface area contributed by atoms with Crippen molar-refractivity contribution in [3.8, 4) is 11.8 Å². The second kappa shape index (κ2) is 13.0. The van der Waals surface area contributed by atoms with Gasteiger partial charge in [0, 0.05) is 36.4 Å². The molecule has 1 unspecified atom stereocenters. The number of esters is 1. The van der Waals surface area contributed by atoms with Crippen molar-refractivity contribution in [2.45, 2.75) is 51.7 Å². The van der Waals surface area contributed by atoms with E-state index in [1.54, 1.807) is 0 Å². The number of amides is 1. The summed E-state index contributed by atoms with van der Waals surface area (Å²) in [5, 5.41) is 3.67. The molecule has 1 heterocycles. The number of fused-ring (bicyclic) bond motifs is 1. The van der Waals surface area contributed by atoms with Crippen LogP contribution in [0, 0.1) is 11.8 Å². The highest BCUT2D eigenvalue weighted by Crippen LogP contribution is 2.19. The maximum Gasteiger partial charge on any atom is 0.407 e. The quantitative estimate of drug-likeness (QED) is 0.257. The number of hydrogen-bond acceptors (Lipinski definition) is 4. The summed E-state index contributed by atoms with van der Waals surface area (Å²) in [5.41, 5.74) is 2.75. The predicted octanol–water partition coefficient (Wildman–Crippen LogP) is 5.13. The minimum absolute atomic E-state index is 0.133. The molecule has 0 fully saturated rings. The van der Waals surface area contributed by atoms with E-state index in [9.17, 15) is 9.59 Å². The molecule has 0 saturated heterocycles. The van der Waals surface area contributed by atoms with Gasteiger partial charge in [0.15, 0.2) is 0 Å². The molecule has 2 N–H and O–H groups in total. The van der Waals surface area contributed by atoms with Crippen molar-refractivity contribution in [2.24, 2.45) is 0 Å². The Hall–Kier alpha value is -3.72. The molecule has 0 aliphatic heterocycles. The number of rotatable bonds is 10. The van der Waals surface area contributed by atoms with Crippen LogP contribution in [-0.2, 0) is 27.3 Å². The first-order valence-electron chi connectivity index (χ1n) is 11.3. The van der Waals surface area contributed by atoms with Crippen LogP contribution in [0.15, 0.2) is 60.8 Å². The van der Waals surface area contributed by atoms with Gasteiger partial charge in [-0.2, -0.15) is 0 Å². The van der Waals surface area contributed by atoms with Crippen LogP contribution in [0.3, 0.4) is 0 Å². The number of para-hydroxylation sites is 1. The average molecular weight is 447 g/mol. The third-order valence-electron chi connectivity index (χ3n) is 5.14. The van der Waals surface area contributed by atoms with E-state index >= 15 is 0 Å². The summed E-state index contributed by atoms with van der Waals surface area (Å²) in [6.45, 7) is 2.42. The average Bonchev–Trinajstić information content (AvgIpc) is 3.25. The monoisotopic (exact) mass is 446 g/mol. The zero-order chi connectivity index (χ0) is 23.3. The molecule has 0 aliphatic carbocycles. The van der Waals surface area contributed by atoms with Crippen molar-refractivity contribution in [3.05, 3.63) is 71.9 Å². The van der Waals surface area contributed by atoms with Crippen molar-refractivity contribution in [3.63, 3.8) is 0 Å². The van der Waals surface area contributed by atoms with Crippen molar-refractivity contribution in [1.82, 2.24) is 10.3 Å². The van der Waals surface area contributed by atoms with Gasteiger partial charge in [-0.1, -0.05) is 67.8 Å². The fourth-order valence-corrected chi connectivity index (χ4v) is 3.36. The number of carbonyl (C=O) groups excluding carboxylic acids is 2. The molecule has 0 saturated carbocycles. The number of alkyl carbamates (subject to hydrolysis) is 1. The van der Waals surface area contributed by atoms with Gasteiger partial charge < -0.3 is 19.8 Å². The second-order valence-corrected chi connectivity index (χ2v) is 7.70. The molecule has 1 aromatic heterocycles.